The van der Waals surface area contributed by atoms with Crippen molar-refractivity contribution in [3.63, 3.8) is 0 Å². The Hall–Kier alpha value is -1.79. The molecule has 1 saturated heterocycles. The van der Waals surface area contributed by atoms with Crippen molar-refractivity contribution in [1.82, 2.24) is 14.5 Å². The molecule has 2 aromatic heterocycles. The van der Waals surface area contributed by atoms with E-state index in [-0.39, 0.29) is 13.0 Å². The zero-order valence-corrected chi connectivity index (χ0v) is 12.0. The van der Waals surface area contributed by atoms with Crippen molar-refractivity contribution in [1.29, 1.82) is 0 Å². The van der Waals surface area contributed by atoms with E-state index in [2.05, 4.69) is 9.97 Å². The molecular weight excluding hydrogens is 281 g/mol. The number of imidazole rings is 1. The predicted octanol–water partition coefficient (Wildman–Crippen LogP) is 3.14. The van der Waals surface area contributed by atoms with Crippen LogP contribution in [0.5, 0.6) is 0 Å². The molecular formula is C14H17F3N4. The molecule has 114 valence electrons. The second-order valence-electron chi connectivity index (χ2n) is 5.92. The van der Waals surface area contributed by atoms with Gasteiger partial charge in [0.15, 0.2) is 0 Å². The smallest absolute Gasteiger partial charge is 0.341 e. The molecule has 21 heavy (non-hydrogen) atoms. The monoisotopic (exact) mass is 298 g/mol. The Kier molecular flexibility index (Phi) is 3.11. The maximum absolute atomic E-state index is 13.3. The number of alkyl halides is 3. The molecule has 7 heteroatoms. The van der Waals surface area contributed by atoms with Crippen LogP contribution in [0, 0.1) is 5.41 Å². The van der Waals surface area contributed by atoms with Crippen LogP contribution in [-0.4, -0.2) is 33.8 Å². The minimum Gasteiger partial charge on any atom is -0.341 e. The summed E-state index contributed by atoms with van der Waals surface area (Å²) in [5.74, 6) is 0.577. The fraction of sp³-hybridized carbons (Fsp3) is 0.571. The van der Waals surface area contributed by atoms with Gasteiger partial charge >= 0.3 is 6.18 Å². The van der Waals surface area contributed by atoms with Crippen LogP contribution < -0.4 is 4.90 Å². The van der Waals surface area contributed by atoms with Crippen LogP contribution in [0.15, 0.2) is 18.5 Å². The first-order valence-corrected chi connectivity index (χ1v) is 6.90. The first-order valence-electron chi connectivity index (χ1n) is 6.90. The van der Waals surface area contributed by atoms with E-state index in [4.69, 9.17) is 0 Å². The van der Waals surface area contributed by atoms with Gasteiger partial charge in [0.25, 0.3) is 0 Å². The third-order valence-electron chi connectivity index (χ3n) is 4.32. The highest BCUT2D eigenvalue weighted by Gasteiger charge is 2.53. The molecule has 1 aliphatic heterocycles. The topological polar surface area (TPSA) is 34.0 Å². The summed E-state index contributed by atoms with van der Waals surface area (Å²) in [4.78, 5) is 10.2. The number of halogens is 3. The second kappa shape index (κ2) is 4.61. The summed E-state index contributed by atoms with van der Waals surface area (Å²) in [5.41, 5.74) is -0.102. The molecule has 0 amide bonds. The fourth-order valence-corrected chi connectivity index (χ4v) is 2.96. The van der Waals surface area contributed by atoms with Gasteiger partial charge in [-0.25, -0.2) is 4.98 Å². The maximum Gasteiger partial charge on any atom is 0.395 e. The van der Waals surface area contributed by atoms with Crippen LogP contribution >= 0.6 is 0 Å². The minimum absolute atomic E-state index is 0.0545. The number of nitrogens with zero attached hydrogens (tertiary/aromatic N) is 4. The van der Waals surface area contributed by atoms with E-state index >= 15 is 0 Å². The number of hydrogen-bond donors (Lipinski definition) is 0. The summed E-state index contributed by atoms with van der Waals surface area (Å²) in [7, 11) is 1.82. The molecule has 2 aromatic rings. The van der Waals surface area contributed by atoms with Gasteiger partial charge in [0.2, 0.25) is 5.95 Å². The lowest BCUT2D eigenvalue weighted by molar-refractivity contribution is -0.219. The highest BCUT2D eigenvalue weighted by Crippen LogP contribution is 2.45. The normalized spacial score (nSPS) is 23.8. The largest absolute Gasteiger partial charge is 0.395 e. The number of pyridine rings is 1. The average molecular weight is 298 g/mol. The lowest BCUT2D eigenvalue weighted by Gasteiger charge is -2.41. The maximum atomic E-state index is 13.3. The van der Waals surface area contributed by atoms with Crippen LogP contribution in [-0.2, 0) is 7.05 Å². The molecule has 0 aromatic carbocycles. The zero-order valence-electron chi connectivity index (χ0n) is 12.0. The molecule has 3 heterocycles. The lowest BCUT2D eigenvalue weighted by atomic mass is 9.81. The van der Waals surface area contributed by atoms with Crippen molar-refractivity contribution in [2.75, 3.05) is 18.0 Å². The van der Waals surface area contributed by atoms with Gasteiger partial charge in [-0.1, -0.05) is 0 Å². The van der Waals surface area contributed by atoms with Gasteiger partial charge in [-0.05, 0) is 25.8 Å². The number of hydrogen-bond acceptors (Lipinski definition) is 3. The number of aromatic nitrogens is 3. The quantitative estimate of drug-likeness (QED) is 0.811. The van der Waals surface area contributed by atoms with Crippen LogP contribution in [0.4, 0.5) is 19.1 Å². The molecule has 0 aliphatic carbocycles. The number of rotatable bonds is 1. The van der Waals surface area contributed by atoms with Crippen molar-refractivity contribution >= 4 is 17.0 Å². The summed E-state index contributed by atoms with van der Waals surface area (Å²) in [6, 6.07) is 1.82. The minimum atomic E-state index is -4.20. The highest BCUT2D eigenvalue weighted by atomic mass is 19.4. The number of fused-ring (bicyclic) bond motifs is 1. The molecule has 0 saturated carbocycles. The second-order valence-corrected chi connectivity index (χ2v) is 5.92. The molecule has 1 atom stereocenters. The van der Waals surface area contributed by atoms with Crippen LogP contribution in [0.2, 0.25) is 0 Å². The van der Waals surface area contributed by atoms with E-state index in [9.17, 15) is 13.2 Å². The van der Waals surface area contributed by atoms with E-state index in [1.165, 1.54) is 6.92 Å². The molecule has 3 rings (SSSR count). The van der Waals surface area contributed by atoms with Gasteiger partial charge in [-0.2, -0.15) is 13.2 Å². The lowest BCUT2D eigenvalue weighted by Crippen LogP contribution is -2.50. The molecule has 1 aliphatic rings. The van der Waals surface area contributed by atoms with Crippen LogP contribution in [0.25, 0.3) is 11.0 Å². The van der Waals surface area contributed by atoms with Crippen molar-refractivity contribution in [2.24, 2.45) is 12.5 Å². The van der Waals surface area contributed by atoms with Gasteiger partial charge in [0.1, 0.15) is 5.52 Å². The zero-order chi connectivity index (χ0) is 15.3. The summed E-state index contributed by atoms with van der Waals surface area (Å²) in [5, 5.41) is 0. The Morgan fingerprint density at radius 2 is 2.10 bits per heavy atom. The third kappa shape index (κ3) is 2.24. The Morgan fingerprint density at radius 3 is 2.76 bits per heavy atom. The van der Waals surface area contributed by atoms with E-state index in [1.807, 2.05) is 17.7 Å². The average Bonchev–Trinajstić information content (AvgIpc) is 2.76. The van der Waals surface area contributed by atoms with Crippen molar-refractivity contribution < 1.29 is 13.2 Å². The molecule has 0 bridgehead atoms. The van der Waals surface area contributed by atoms with Gasteiger partial charge in [-0.15, -0.1) is 0 Å². The molecule has 4 nitrogen and oxygen atoms in total. The van der Waals surface area contributed by atoms with Crippen molar-refractivity contribution in [2.45, 2.75) is 25.9 Å². The van der Waals surface area contributed by atoms with E-state index in [0.717, 1.165) is 5.52 Å². The van der Waals surface area contributed by atoms with Crippen molar-refractivity contribution in [3.05, 3.63) is 18.5 Å². The highest BCUT2D eigenvalue weighted by molar-refractivity contribution is 5.77. The molecule has 1 unspecified atom stereocenters. The van der Waals surface area contributed by atoms with Gasteiger partial charge in [0.05, 0.1) is 17.1 Å². The van der Waals surface area contributed by atoms with E-state index in [0.29, 0.717) is 24.4 Å². The first-order chi connectivity index (χ1) is 9.82. The molecule has 1 fully saturated rings. The summed E-state index contributed by atoms with van der Waals surface area (Å²) < 4.78 is 41.6. The van der Waals surface area contributed by atoms with Crippen molar-refractivity contribution in [3.8, 4) is 0 Å². The Bertz CT molecular complexity index is 664. The van der Waals surface area contributed by atoms with E-state index in [1.54, 1.807) is 17.3 Å². The predicted molar refractivity (Wildman–Crippen MR) is 74.1 cm³/mol. The number of piperidine rings is 1. The van der Waals surface area contributed by atoms with Crippen LogP contribution in [0.3, 0.4) is 0 Å². The van der Waals surface area contributed by atoms with Gasteiger partial charge in [-0.3, -0.25) is 4.98 Å². The fourth-order valence-electron chi connectivity index (χ4n) is 2.96. The Morgan fingerprint density at radius 1 is 1.33 bits per heavy atom. The molecule has 0 spiro atoms. The summed E-state index contributed by atoms with van der Waals surface area (Å²) in [6.45, 7) is 1.83. The third-order valence-corrected chi connectivity index (χ3v) is 4.32. The first kappa shape index (κ1) is 14.2. The van der Waals surface area contributed by atoms with Crippen LogP contribution in [0.1, 0.15) is 19.8 Å². The SMILES string of the molecule is Cn1c(N2CCCC(C)(C(F)(F)F)C2)nc2cnccc21. The van der Waals surface area contributed by atoms with E-state index < -0.39 is 11.6 Å². The number of aryl methyl sites for hydroxylation is 1. The van der Waals surface area contributed by atoms with Gasteiger partial charge in [0, 0.05) is 26.3 Å². The Labute approximate surface area is 120 Å². The summed E-state index contributed by atoms with van der Waals surface area (Å²) in [6.07, 6.45) is -0.233. The summed E-state index contributed by atoms with van der Waals surface area (Å²) >= 11 is 0. The van der Waals surface area contributed by atoms with Gasteiger partial charge < -0.3 is 9.47 Å². The molecule has 0 N–H and O–H groups in total. The molecule has 0 radical (unpaired) electrons. The Balaban J connectivity index is 1.97. The standard InChI is InChI=1S/C14H17F3N4/c1-13(14(15,16)17)5-3-7-21(9-13)12-19-10-8-18-6-4-11(10)20(12)2/h4,6,8H,3,5,7,9H2,1-2H3. The number of anilines is 1.